The van der Waals surface area contributed by atoms with E-state index in [-0.39, 0.29) is 23.7 Å². The highest BCUT2D eigenvalue weighted by atomic mass is 19.3. The second-order valence-electron chi connectivity index (χ2n) is 4.17. The largest absolute Gasteiger partial charge is 0.586 e. The first-order valence-electron chi connectivity index (χ1n) is 5.98. The summed E-state index contributed by atoms with van der Waals surface area (Å²) in [6, 6.07) is 3.07. The molecule has 114 valence electrons. The summed E-state index contributed by atoms with van der Waals surface area (Å²) < 4.78 is 34.2. The summed E-state index contributed by atoms with van der Waals surface area (Å²) in [5.74, 6) is -1.51. The Labute approximate surface area is 118 Å². The molecule has 1 aromatic carbocycles. The molecule has 0 saturated carbocycles. The molecule has 0 atom stereocenters. The zero-order valence-electron chi connectivity index (χ0n) is 10.9. The second kappa shape index (κ2) is 5.43. The van der Waals surface area contributed by atoms with E-state index in [2.05, 4.69) is 14.8 Å². The number of alkyl halides is 2. The molecule has 2 N–H and O–H groups in total. The number of fused-ring (bicyclic) bond motifs is 1. The lowest BCUT2D eigenvalue weighted by Gasteiger charge is -2.19. The van der Waals surface area contributed by atoms with Crippen molar-refractivity contribution in [2.45, 2.75) is 13.2 Å². The molecule has 0 unspecified atom stereocenters. The van der Waals surface area contributed by atoms with Gasteiger partial charge in [-0.05, 0) is 19.1 Å². The molecular weight excluding hydrogens is 290 g/mol. The maximum Gasteiger partial charge on any atom is 0.586 e. The van der Waals surface area contributed by atoms with Crippen molar-refractivity contribution < 1.29 is 33.0 Å². The van der Waals surface area contributed by atoms with Gasteiger partial charge in [0.1, 0.15) is 6.54 Å². The summed E-state index contributed by atoms with van der Waals surface area (Å²) in [6.07, 6.45) is -3.73. The van der Waals surface area contributed by atoms with Crippen molar-refractivity contribution in [3.05, 3.63) is 18.2 Å². The van der Waals surface area contributed by atoms with Gasteiger partial charge < -0.3 is 24.8 Å². The minimum Gasteiger partial charge on any atom is -0.480 e. The van der Waals surface area contributed by atoms with E-state index in [1.807, 2.05) is 0 Å². The number of halogens is 2. The van der Waals surface area contributed by atoms with Crippen LogP contribution in [0.2, 0.25) is 0 Å². The van der Waals surface area contributed by atoms with Crippen LogP contribution in [-0.4, -0.2) is 41.4 Å². The van der Waals surface area contributed by atoms with Crippen LogP contribution in [0.4, 0.5) is 19.3 Å². The summed E-state index contributed by atoms with van der Waals surface area (Å²) >= 11 is 0. The Balaban J connectivity index is 2.07. The first-order valence-corrected chi connectivity index (χ1v) is 5.98. The SMILES string of the molecule is CCN(CC(=O)O)C(=O)Nc1ccc2c(c1)OC(F)(F)O2. The van der Waals surface area contributed by atoms with Crippen LogP contribution >= 0.6 is 0 Å². The first kappa shape index (κ1) is 14.8. The quantitative estimate of drug-likeness (QED) is 0.887. The normalized spacial score (nSPS) is 14.6. The summed E-state index contributed by atoms with van der Waals surface area (Å²) in [5, 5.41) is 11.1. The highest BCUT2D eigenvalue weighted by Gasteiger charge is 2.43. The lowest BCUT2D eigenvalue weighted by Crippen LogP contribution is -2.38. The van der Waals surface area contributed by atoms with Gasteiger partial charge in [-0.15, -0.1) is 8.78 Å². The number of amides is 2. The van der Waals surface area contributed by atoms with Crippen LogP contribution in [0.3, 0.4) is 0 Å². The third-order valence-corrected chi connectivity index (χ3v) is 2.65. The van der Waals surface area contributed by atoms with Gasteiger partial charge in [0.25, 0.3) is 0 Å². The number of nitrogens with one attached hydrogen (secondary N) is 1. The highest BCUT2D eigenvalue weighted by molar-refractivity contribution is 5.91. The lowest BCUT2D eigenvalue weighted by molar-refractivity contribution is -0.286. The van der Waals surface area contributed by atoms with Crippen LogP contribution in [0.1, 0.15) is 6.92 Å². The van der Waals surface area contributed by atoms with Crippen molar-refractivity contribution in [2.24, 2.45) is 0 Å². The van der Waals surface area contributed by atoms with E-state index in [4.69, 9.17) is 5.11 Å². The maximum absolute atomic E-state index is 12.9. The van der Waals surface area contributed by atoms with E-state index in [0.29, 0.717) is 0 Å². The Bertz CT molecular complexity index is 579. The fourth-order valence-corrected chi connectivity index (χ4v) is 1.72. The van der Waals surface area contributed by atoms with Crippen LogP contribution in [-0.2, 0) is 4.79 Å². The van der Waals surface area contributed by atoms with Gasteiger partial charge in [-0.3, -0.25) is 4.79 Å². The summed E-state index contributed by atoms with van der Waals surface area (Å²) in [7, 11) is 0. The van der Waals surface area contributed by atoms with Crippen molar-refractivity contribution in [1.29, 1.82) is 0 Å². The van der Waals surface area contributed by atoms with Gasteiger partial charge in [0.2, 0.25) is 0 Å². The van der Waals surface area contributed by atoms with Gasteiger partial charge in [-0.25, -0.2) is 4.79 Å². The van der Waals surface area contributed by atoms with Crippen molar-refractivity contribution in [3.63, 3.8) is 0 Å². The number of carbonyl (C=O) groups is 2. The summed E-state index contributed by atoms with van der Waals surface area (Å²) in [4.78, 5) is 23.5. The zero-order valence-corrected chi connectivity index (χ0v) is 10.9. The average Bonchev–Trinajstić information content (AvgIpc) is 2.68. The molecule has 0 bridgehead atoms. The average molecular weight is 302 g/mol. The number of likely N-dealkylation sites (N-methyl/N-ethyl adjacent to an activating group) is 1. The molecule has 0 aromatic heterocycles. The van der Waals surface area contributed by atoms with E-state index < -0.39 is 24.8 Å². The monoisotopic (exact) mass is 302 g/mol. The van der Waals surface area contributed by atoms with Crippen molar-refractivity contribution in [3.8, 4) is 11.5 Å². The molecule has 1 aliphatic heterocycles. The van der Waals surface area contributed by atoms with Crippen LogP contribution in [0.15, 0.2) is 18.2 Å². The second-order valence-corrected chi connectivity index (χ2v) is 4.17. The van der Waals surface area contributed by atoms with E-state index in [1.54, 1.807) is 6.92 Å². The van der Waals surface area contributed by atoms with Crippen LogP contribution in [0.25, 0.3) is 0 Å². The maximum atomic E-state index is 12.9. The number of benzene rings is 1. The van der Waals surface area contributed by atoms with Gasteiger partial charge >= 0.3 is 18.3 Å². The Hall–Kier alpha value is -2.58. The number of rotatable bonds is 4. The van der Waals surface area contributed by atoms with E-state index in [0.717, 1.165) is 4.90 Å². The molecule has 7 nitrogen and oxygen atoms in total. The molecule has 0 fully saturated rings. The zero-order chi connectivity index (χ0) is 15.6. The predicted molar refractivity (Wildman–Crippen MR) is 66.5 cm³/mol. The van der Waals surface area contributed by atoms with Gasteiger partial charge in [-0.1, -0.05) is 0 Å². The highest BCUT2D eigenvalue weighted by Crippen LogP contribution is 2.42. The topological polar surface area (TPSA) is 88.1 Å². The smallest absolute Gasteiger partial charge is 0.480 e. The van der Waals surface area contributed by atoms with Gasteiger partial charge in [0.05, 0.1) is 0 Å². The number of urea groups is 1. The Morgan fingerprint density at radius 1 is 1.33 bits per heavy atom. The predicted octanol–water partition coefficient (Wildman–Crippen LogP) is 1.95. The van der Waals surface area contributed by atoms with E-state index in [9.17, 15) is 18.4 Å². The van der Waals surface area contributed by atoms with E-state index >= 15 is 0 Å². The molecule has 0 spiro atoms. The number of carbonyl (C=O) groups excluding carboxylic acids is 1. The van der Waals surface area contributed by atoms with Crippen molar-refractivity contribution >= 4 is 17.7 Å². The Morgan fingerprint density at radius 3 is 2.62 bits per heavy atom. The number of aliphatic carboxylic acids is 1. The van der Waals surface area contributed by atoms with E-state index in [1.165, 1.54) is 18.2 Å². The number of ether oxygens (including phenoxy) is 2. The molecule has 1 heterocycles. The minimum absolute atomic E-state index is 0.143. The number of anilines is 1. The number of carboxylic acid groups (broad SMARTS) is 1. The van der Waals surface area contributed by atoms with Gasteiger partial charge in [-0.2, -0.15) is 0 Å². The molecule has 0 saturated heterocycles. The van der Waals surface area contributed by atoms with Crippen LogP contribution in [0, 0.1) is 0 Å². The van der Waals surface area contributed by atoms with Gasteiger partial charge in [0, 0.05) is 18.3 Å². The van der Waals surface area contributed by atoms with Gasteiger partial charge in [0.15, 0.2) is 11.5 Å². The standard InChI is InChI=1S/C12H12F2N2O5/c1-2-16(6-10(17)18)11(19)15-7-3-4-8-9(5-7)21-12(13,14)20-8/h3-5H,2,6H2,1H3,(H,15,19)(H,17,18). The molecule has 21 heavy (non-hydrogen) atoms. The van der Waals surface area contributed by atoms with Crippen LogP contribution < -0.4 is 14.8 Å². The Kier molecular flexibility index (Phi) is 3.83. The van der Waals surface area contributed by atoms with Crippen molar-refractivity contribution in [1.82, 2.24) is 4.90 Å². The molecule has 9 heteroatoms. The number of hydrogen-bond acceptors (Lipinski definition) is 4. The molecule has 1 aliphatic rings. The molecule has 1 aromatic rings. The number of hydrogen-bond donors (Lipinski definition) is 2. The fraction of sp³-hybridized carbons (Fsp3) is 0.333. The Morgan fingerprint density at radius 2 is 2.00 bits per heavy atom. The molecule has 0 radical (unpaired) electrons. The molecular formula is C12H12F2N2O5. The molecule has 2 amide bonds. The molecule has 0 aliphatic carbocycles. The first-order chi connectivity index (χ1) is 9.80. The summed E-state index contributed by atoms with van der Waals surface area (Å²) in [6.45, 7) is 1.33. The lowest BCUT2D eigenvalue weighted by atomic mass is 10.3. The number of nitrogens with zero attached hydrogens (tertiary/aromatic N) is 1. The molecule has 2 rings (SSSR count). The third kappa shape index (κ3) is 3.50. The fourth-order valence-electron chi connectivity index (χ4n) is 1.72. The number of carboxylic acids is 1. The summed E-state index contributed by atoms with van der Waals surface area (Å²) in [5.41, 5.74) is 0.184. The van der Waals surface area contributed by atoms with Crippen molar-refractivity contribution in [2.75, 3.05) is 18.4 Å². The minimum atomic E-state index is -3.73. The third-order valence-electron chi connectivity index (χ3n) is 2.65. The van der Waals surface area contributed by atoms with Crippen LogP contribution in [0.5, 0.6) is 11.5 Å².